The van der Waals surface area contributed by atoms with Crippen LogP contribution in [0, 0.1) is 30.6 Å². The highest BCUT2D eigenvalue weighted by atomic mass is 32.1. The standard InChI is InChI=1S/C12H21NO.C9H13NOS.C8H10N2O2.C6H11NO2/c1-8-3-10-5-9(2)12(13-7-14)11(4-8)6-10;1-6(2)10-9(11)8-4-7(3)5-12-8;1-2-10-5-3-4-7(8(10)12)9-6-11;1-3-5(8)6(9)7-4-2/h7-12H,3-6H2,1-2H3,(H,13,14);4-6H,1-3H3,(H,10,11);3-6H,2H2,1H3,(H,9,11);3-4H2,1-2H3,(H,7,9). The van der Waals surface area contributed by atoms with Crippen LogP contribution < -0.4 is 26.8 Å². The van der Waals surface area contributed by atoms with Crippen LogP contribution in [-0.2, 0) is 25.7 Å². The lowest BCUT2D eigenvalue weighted by atomic mass is 9.63. The number of amides is 4. The highest BCUT2D eigenvalue weighted by molar-refractivity contribution is 7.12. The Labute approximate surface area is 283 Å². The first-order valence-electron chi connectivity index (χ1n) is 16.6. The maximum Gasteiger partial charge on any atom is 0.287 e. The molecule has 2 fully saturated rings. The third kappa shape index (κ3) is 14.7. The highest BCUT2D eigenvalue weighted by Gasteiger charge is 2.39. The summed E-state index contributed by atoms with van der Waals surface area (Å²) in [6.07, 6.45) is 8.73. The van der Waals surface area contributed by atoms with Crippen molar-refractivity contribution in [1.82, 2.24) is 20.5 Å². The van der Waals surface area contributed by atoms with Crippen LogP contribution in [-0.4, -0.2) is 53.6 Å². The van der Waals surface area contributed by atoms with E-state index in [0.717, 1.165) is 34.6 Å². The zero-order chi connectivity index (χ0) is 35.5. The molecular formula is C35H55N5O6S. The number of rotatable bonds is 10. The van der Waals surface area contributed by atoms with Crippen LogP contribution in [0.3, 0.4) is 0 Å². The Hall–Kier alpha value is -3.80. The fraction of sp³-hybridized carbons (Fsp3) is 0.600. The van der Waals surface area contributed by atoms with Crippen molar-refractivity contribution in [1.29, 1.82) is 0 Å². The second-order valence-electron chi connectivity index (χ2n) is 12.5. The van der Waals surface area contributed by atoms with Crippen LogP contribution >= 0.6 is 11.3 Å². The molecule has 0 spiro atoms. The minimum Gasteiger partial charge on any atom is -0.355 e. The van der Waals surface area contributed by atoms with Crippen LogP contribution in [0.15, 0.2) is 34.6 Å². The summed E-state index contributed by atoms with van der Waals surface area (Å²) in [6.45, 7) is 17.0. The first kappa shape index (κ1) is 41.2. The maximum absolute atomic E-state index is 11.4. The van der Waals surface area contributed by atoms with Gasteiger partial charge in [-0.25, -0.2) is 0 Å². The minimum atomic E-state index is -0.472. The van der Waals surface area contributed by atoms with Crippen molar-refractivity contribution in [2.24, 2.45) is 23.7 Å². The van der Waals surface area contributed by atoms with Crippen LogP contribution in [0.2, 0.25) is 0 Å². The van der Waals surface area contributed by atoms with Gasteiger partial charge in [-0.1, -0.05) is 20.8 Å². The van der Waals surface area contributed by atoms with Crippen LogP contribution in [0.5, 0.6) is 0 Å². The number of thiophene rings is 1. The molecule has 11 nitrogen and oxygen atoms in total. The van der Waals surface area contributed by atoms with Gasteiger partial charge in [0.15, 0.2) is 0 Å². The van der Waals surface area contributed by atoms with Gasteiger partial charge in [-0.3, -0.25) is 28.8 Å². The predicted molar refractivity (Wildman–Crippen MR) is 188 cm³/mol. The predicted octanol–water partition coefficient (Wildman–Crippen LogP) is 4.93. The normalized spacial score (nSPS) is 20.7. The van der Waals surface area contributed by atoms with Gasteiger partial charge in [-0.15, -0.1) is 11.3 Å². The summed E-state index contributed by atoms with van der Waals surface area (Å²) in [5, 5.41) is 12.6. The topological polar surface area (TPSA) is 155 Å². The second kappa shape index (κ2) is 21.9. The number of carbonyl (C=O) groups excluding carboxylic acids is 5. The van der Waals surface area contributed by atoms with Crippen molar-refractivity contribution >= 4 is 47.4 Å². The average Bonchev–Trinajstić information content (AvgIpc) is 3.47. The highest BCUT2D eigenvalue weighted by Crippen LogP contribution is 2.44. The lowest BCUT2D eigenvalue weighted by Gasteiger charge is -2.46. The molecule has 0 radical (unpaired) electrons. The van der Waals surface area contributed by atoms with Gasteiger partial charge in [0.1, 0.15) is 5.69 Å². The summed E-state index contributed by atoms with van der Waals surface area (Å²) in [5.41, 5.74) is 1.29. The van der Waals surface area contributed by atoms with Crippen LogP contribution in [0.4, 0.5) is 5.69 Å². The van der Waals surface area contributed by atoms with Crippen molar-refractivity contribution in [2.45, 2.75) is 106 Å². The number of nitrogens with one attached hydrogen (secondary N) is 4. The molecule has 2 saturated carbocycles. The van der Waals surface area contributed by atoms with E-state index in [1.807, 2.05) is 39.1 Å². The molecule has 262 valence electrons. The number of ketones is 1. The summed E-state index contributed by atoms with van der Waals surface area (Å²) >= 11 is 1.49. The van der Waals surface area contributed by atoms with E-state index in [2.05, 4.69) is 35.1 Å². The molecule has 2 aromatic heterocycles. The van der Waals surface area contributed by atoms with Crippen LogP contribution in [0.25, 0.3) is 0 Å². The molecule has 2 aliphatic rings. The number of likely N-dealkylation sites (N-methyl/N-ethyl adjacent to an activating group) is 1. The van der Waals surface area contributed by atoms with Crippen molar-refractivity contribution < 1.29 is 24.0 Å². The molecular weight excluding hydrogens is 618 g/mol. The van der Waals surface area contributed by atoms with Gasteiger partial charge in [-0.2, -0.15) is 0 Å². The lowest BCUT2D eigenvalue weighted by Crippen LogP contribution is -2.48. The molecule has 2 bridgehead atoms. The lowest BCUT2D eigenvalue weighted by molar-refractivity contribution is -0.137. The van der Waals surface area contributed by atoms with E-state index in [4.69, 9.17) is 0 Å². The van der Waals surface area contributed by atoms with Gasteiger partial charge in [-0.05, 0) is 113 Å². The van der Waals surface area contributed by atoms with E-state index >= 15 is 0 Å². The zero-order valence-electron chi connectivity index (χ0n) is 29.3. The number of pyridine rings is 1. The van der Waals surface area contributed by atoms with Crippen LogP contribution in [0.1, 0.15) is 95.8 Å². The molecule has 12 heteroatoms. The Bertz CT molecular complexity index is 1340. The number of nitrogens with zero attached hydrogens (tertiary/aromatic N) is 1. The van der Waals surface area contributed by atoms with E-state index in [-0.39, 0.29) is 29.7 Å². The molecule has 0 aliphatic heterocycles. The van der Waals surface area contributed by atoms with E-state index in [1.165, 1.54) is 41.6 Å². The molecule has 4 N–H and O–H groups in total. The SMILES string of the molecule is CC1CC2CC(C)C(NC=O)C(C1)C2.CCNC(=O)C(=O)CC.CCn1cccc(NC=O)c1=O.Cc1csc(C(=O)NC(C)C)c1. The van der Waals surface area contributed by atoms with Gasteiger partial charge >= 0.3 is 0 Å². The van der Waals surface area contributed by atoms with Gasteiger partial charge in [0.25, 0.3) is 17.4 Å². The van der Waals surface area contributed by atoms with E-state index in [0.29, 0.717) is 37.1 Å². The Morgan fingerprint density at radius 3 is 2.28 bits per heavy atom. The minimum absolute atomic E-state index is 0.0306. The van der Waals surface area contributed by atoms with E-state index in [9.17, 15) is 28.8 Å². The molecule has 0 aromatic carbocycles. The van der Waals surface area contributed by atoms with Crippen molar-refractivity contribution in [3.05, 3.63) is 50.6 Å². The first-order valence-corrected chi connectivity index (χ1v) is 17.5. The Morgan fingerprint density at radius 2 is 1.74 bits per heavy atom. The summed E-state index contributed by atoms with van der Waals surface area (Å²) in [5.74, 6) is 2.43. The molecule has 0 saturated heterocycles. The number of Topliss-reactive ketones (excluding diaryl/α,β-unsaturated/α-hetero) is 1. The van der Waals surface area contributed by atoms with E-state index in [1.54, 1.807) is 32.2 Å². The summed E-state index contributed by atoms with van der Waals surface area (Å²) in [4.78, 5) is 65.1. The molecule has 4 amide bonds. The fourth-order valence-electron chi connectivity index (χ4n) is 6.07. The van der Waals surface area contributed by atoms with Crippen molar-refractivity contribution in [3.63, 3.8) is 0 Å². The van der Waals surface area contributed by atoms with Gasteiger partial charge in [0.2, 0.25) is 18.6 Å². The third-order valence-corrected chi connectivity index (χ3v) is 9.07. The van der Waals surface area contributed by atoms with Crippen molar-refractivity contribution in [3.8, 4) is 0 Å². The van der Waals surface area contributed by atoms with Gasteiger partial charge in [0.05, 0.1) is 4.88 Å². The third-order valence-electron chi connectivity index (χ3n) is 8.02. The van der Waals surface area contributed by atoms with Gasteiger partial charge in [0, 0.05) is 37.8 Å². The van der Waals surface area contributed by atoms with Crippen molar-refractivity contribution in [2.75, 3.05) is 11.9 Å². The molecule has 47 heavy (non-hydrogen) atoms. The Balaban J connectivity index is 0.000000317. The number of carbonyl (C=O) groups is 5. The quantitative estimate of drug-likeness (QED) is 0.207. The molecule has 4 rings (SSSR count). The smallest absolute Gasteiger partial charge is 0.287 e. The first-order chi connectivity index (χ1) is 22.3. The molecule has 5 atom stereocenters. The monoisotopic (exact) mass is 673 g/mol. The summed E-state index contributed by atoms with van der Waals surface area (Å²) in [7, 11) is 0. The largest absolute Gasteiger partial charge is 0.355 e. The zero-order valence-corrected chi connectivity index (χ0v) is 30.1. The Morgan fingerprint density at radius 1 is 1.04 bits per heavy atom. The number of anilines is 1. The number of hydrogen-bond donors (Lipinski definition) is 4. The number of fused-ring (bicyclic) bond motifs is 2. The number of hydrogen-bond acceptors (Lipinski definition) is 7. The maximum atomic E-state index is 11.4. The average molecular weight is 674 g/mol. The molecule has 2 aromatic rings. The summed E-state index contributed by atoms with van der Waals surface area (Å²) < 4.78 is 1.52. The number of aryl methyl sites for hydroxylation is 2. The fourth-order valence-corrected chi connectivity index (χ4v) is 6.87. The Kier molecular flexibility index (Phi) is 19.2. The molecule has 2 heterocycles. The number of aromatic nitrogens is 1. The summed E-state index contributed by atoms with van der Waals surface area (Å²) in [6, 6.07) is 5.86. The molecule has 2 aliphatic carbocycles. The molecule has 5 unspecified atom stereocenters. The van der Waals surface area contributed by atoms with Gasteiger partial charge < -0.3 is 25.8 Å². The van der Waals surface area contributed by atoms with E-state index < -0.39 is 5.91 Å². The second-order valence-corrected chi connectivity index (χ2v) is 13.4.